The predicted octanol–water partition coefficient (Wildman–Crippen LogP) is 3.26. The van der Waals surface area contributed by atoms with Crippen LogP contribution in [0.15, 0.2) is 45.8 Å². The number of benzene rings is 2. The van der Waals surface area contributed by atoms with E-state index in [2.05, 4.69) is 15.9 Å². The van der Waals surface area contributed by atoms with Gasteiger partial charge in [0.15, 0.2) is 0 Å². The van der Waals surface area contributed by atoms with Crippen LogP contribution in [0.3, 0.4) is 0 Å². The molecule has 0 N–H and O–H groups in total. The Morgan fingerprint density at radius 2 is 1.60 bits per heavy atom. The van der Waals surface area contributed by atoms with Crippen LogP contribution in [0.1, 0.15) is 0 Å². The molecule has 2 rings (SSSR count). The molecule has 5 heteroatoms. The highest BCUT2D eigenvalue weighted by molar-refractivity contribution is 9.10. The molecule has 0 amide bonds. The summed E-state index contributed by atoms with van der Waals surface area (Å²) in [5, 5.41) is 1.06. The molecule has 2 aromatic rings. The number of halogens is 2. The zero-order chi connectivity index (χ0) is 11.1. The monoisotopic (exact) mass is 288 g/mol. The Balaban J connectivity index is 2.96. The summed E-state index contributed by atoms with van der Waals surface area (Å²) in [5.41, 5.74) is 0. The van der Waals surface area contributed by atoms with E-state index in [0.29, 0.717) is 10.8 Å². The van der Waals surface area contributed by atoms with Gasteiger partial charge in [0.05, 0.1) is 0 Å². The topological polar surface area (TPSA) is 34.1 Å². The van der Waals surface area contributed by atoms with Gasteiger partial charge in [0, 0.05) is 9.86 Å². The maximum Gasteiger partial charge on any atom is 0.332 e. The van der Waals surface area contributed by atoms with Crippen molar-refractivity contribution in [1.82, 2.24) is 0 Å². The van der Waals surface area contributed by atoms with Crippen LogP contribution in [0.5, 0.6) is 0 Å². The molecule has 0 saturated carbocycles. The molecule has 0 atom stereocenters. The van der Waals surface area contributed by atoms with E-state index in [4.69, 9.17) is 0 Å². The highest BCUT2D eigenvalue weighted by Gasteiger charge is 2.16. The molecule has 0 bridgehead atoms. The van der Waals surface area contributed by atoms with Crippen LogP contribution in [0.4, 0.5) is 3.89 Å². The van der Waals surface area contributed by atoms with Crippen molar-refractivity contribution in [1.29, 1.82) is 0 Å². The molecule has 78 valence electrons. The van der Waals surface area contributed by atoms with E-state index in [9.17, 15) is 12.3 Å². The van der Waals surface area contributed by atoms with Gasteiger partial charge in [-0.3, -0.25) is 0 Å². The van der Waals surface area contributed by atoms with Crippen molar-refractivity contribution in [3.63, 3.8) is 0 Å². The highest BCUT2D eigenvalue weighted by atomic mass is 79.9. The van der Waals surface area contributed by atoms with E-state index >= 15 is 0 Å². The second-order valence-electron chi connectivity index (χ2n) is 3.03. The Morgan fingerprint density at radius 3 is 2.20 bits per heavy atom. The SMILES string of the molecule is O=S(=O)(F)c1ccc(Br)c2ccccc12. The van der Waals surface area contributed by atoms with Gasteiger partial charge in [0.2, 0.25) is 0 Å². The molecule has 2 aromatic carbocycles. The van der Waals surface area contributed by atoms with Crippen LogP contribution in [0, 0.1) is 0 Å². The third-order valence-electron chi connectivity index (χ3n) is 2.09. The highest BCUT2D eigenvalue weighted by Crippen LogP contribution is 2.30. The van der Waals surface area contributed by atoms with E-state index < -0.39 is 10.2 Å². The molecule has 0 heterocycles. The van der Waals surface area contributed by atoms with E-state index in [1.165, 1.54) is 12.1 Å². The van der Waals surface area contributed by atoms with Crippen molar-refractivity contribution in [3.8, 4) is 0 Å². The lowest BCUT2D eigenvalue weighted by Crippen LogP contribution is -1.93. The lowest BCUT2D eigenvalue weighted by molar-refractivity contribution is 0.553. The van der Waals surface area contributed by atoms with Crippen molar-refractivity contribution in [2.24, 2.45) is 0 Å². The summed E-state index contributed by atoms with van der Waals surface area (Å²) in [4.78, 5) is -0.290. The molecule has 0 aliphatic heterocycles. The number of hydrogen-bond donors (Lipinski definition) is 0. The van der Waals surface area contributed by atoms with Gasteiger partial charge in [0.25, 0.3) is 0 Å². The van der Waals surface area contributed by atoms with Crippen LogP contribution in [-0.2, 0) is 10.2 Å². The minimum atomic E-state index is -4.67. The van der Waals surface area contributed by atoms with E-state index in [1.54, 1.807) is 24.3 Å². The van der Waals surface area contributed by atoms with Crippen LogP contribution in [-0.4, -0.2) is 8.42 Å². The zero-order valence-electron chi connectivity index (χ0n) is 7.44. The Kier molecular flexibility index (Phi) is 2.52. The first-order valence-corrected chi connectivity index (χ1v) is 6.30. The van der Waals surface area contributed by atoms with Crippen molar-refractivity contribution in [2.75, 3.05) is 0 Å². The fraction of sp³-hybridized carbons (Fsp3) is 0. The summed E-state index contributed by atoms with van der Waals surface area (Å²) in [6, 6.07) is 9.52. The molecule has 0 aromatic heterocycles. The smallest absolute Gasteiger partial charge is 0.189 e. The molecule has 2 nitrogen and oxygen atoms in total. The Morgan fingerprint density at radius 1 is 1.00 bits per heavy atom. The van der Waals surface area contributed by atoms with Crippen molar-refractivity contribution in [2.45, 2.75) is 4.90 Å². The number of rotatable bonds is 1. The van der Waals surface area contributed by atoms with Gasteiger partial charge < -0.3 is 0 Å². The second-order valence-corrected chi connectivity index (χ2v) is 5.20. The van der Waals surface area contributed by atoms with Crippen molar-refractivity contribution in [3.05, 3.63) is 40.9 Å². The number of hydrogen-bond acceptors (Lipinski definition) is 2. The lowest BCUT2D eigenvalue weighted by Gasteiger charge is -2.03. The van der Waals surface area contributed by atoms with Crippen LogP contribution < -0.4 is 0 Å². The average Bonchev–Trinajstić information content (AvgIpc) is 2.17. The summed E-state index contributed by atoms with van der Waals surface area (Å²) >= 11 is 3.28. The molecular weight excluding hydrogens is 283 g/mol. The van der Waals surface area contributed by atoms with E-state index in [-0.39, 0.29) is 4.90 Å². The maximum absolute atomic E-state index is 12.9. The standard InChI is InChI=1S/C10H6BrFO2S/c11-9-5-6-10(15(12,13)14)8-4-2-1-3-7(8)9/h1-6H. The molecule has 0 radical (unpaired) electrons. The van der Waals surface area contributed by atoms with E-state index in [1.807, 2.05) is 0 Å². The van der Waals surface area contributed by atoms with Gasteiger partial charge in [-0.1, -0.05) is 40.2 Å². The van der Waals surface area contributed by atoms with Crippen molar-refractivity contribution < 1.29 is 12.3 Å². The molecule has 0 fully saturated rings. The third-order valence-corrected chi connectivity index (χ3v) is 3.67. The normalized spacial score (nSPS) is 11.9. The molecular formula is C10H6BrFO2S. The van der Waals surface area contributed by atoms with Gasteiger partial charge in [-0.25, -0.2) is 0 Å². The largest absolute Gasteiger partial charge is 0.332 e. The van der Waals surface area contributed by atoms with Crippen LogP contribution in [0.25, 0.3) is 10.8 Å². The first-order valence-electron chi connectivity index (χ1n) is 4.12. The first kappa shape index (κ1) is 10.6. The van der Waals surface area contributed by atoms with Gasteiger partial charge in [0.1, 0.15) is 4.90 Å². The summed E-state index contributed by atoms with van der Waals surface area (Å²) in [6.45, 7) is 0. The summed E-state index contributed by atoms with van der Waals surface area (Å²) in [5.74, 6) is 0. The molecule has 0 unspecified atom stereocenters. The summed E-state index contributed by atoms with van der Waals surface area (Å²) < 4.78 is 35.4. The molecule has 0 saturated heterocycles. The quantitative estimate of drug-likeness (QED) is 0.755. The van der Waals surface area contributed by atoms with Crippen LogP contribution >= 0.6 is 15.9 Å². The Bertz CT molecular complexity index is 622. The summed E-state index contributed by atoms with van der Waals surface area (Å²) in [6.07, 6.45) is 0. The summed E-state index contributed by atoms with van der Waals surface area (Å²) in [7, 11) is -4.67. The van der Waals surface area contributed by atoms with Gasteiger partial charge >= 0.3 is 10.2 Å². The molecule has 15 heavy (non-hydrogen) atoms. The fourth-order valence-electron chi connectivity index (χ4n) is 1.45. The van der Waals surface area contributed by atoms with E-state index in [0.717, 1.165) is 4.47 Å². The molecule has 0 aliphatic rings. The maximum atomic E-state index is 12.9. The second kappa shape index (κ2) is 3.57. The fourth-order valence-corrected chi connectivity index (χ4v) is 2.60. The van der Waals surface area contributed by atoms with Crippen molar-refractivity contribution >= 4 is 36.9 Å². The zero-order valence-corrected chi connectivity index (χ0v) is 9.85. The average molecular weight is 289 g/mol. The minimum absolute atomic E-state index is 0.290. The lowest BCUT2D eigenvalue weighted by atomic mass is 10.1. The van der Waals surface area contributed by atoms with Crippen LogP contribution in [0.2, 0.25) is 0 Å². The van der Waals surface area contributed by atoms with Gasteiger partial charge in [-0.05, 0) is 17.5 Å². The Hall–Kier alpha value is -0.940. The molecule has 0 spiro atoms. The van der Waals surface area contributed by atoms with Gasteiger partial charge in [-0.2, -0.15) is 8.42 Å². The minimum Gasteiger partial charge on any atom is -0.189 e. The Labute approximate surface area is 95.1 Å². The predicted molar refractivity (Wildman–Crippen MR) is 59.9 cm³/mol. The number of fused-ring (bicyclic) bond motifs is 1. The first-order chi connectivity index (χ1) is 7.00. The molecule has 0 aliphatic carbocycles. The van der Waals surface area contributed by atoms with Gasteiger partial charge in [-0.15, -0.1) is 3.89 Å². The third kappa shape index (κ3) is 1.89.